The number of rotatable bonds is 3. The van der Waals surface area contributed by atoms with Gasteiger partial charge in [0, 0.05) is 12.4 Å². The second-order valence-electron chi connectivity index (χ2n) is 5.67. The first-order valence-corrected chi connectivity index (χ1v) is 7.85. The third kappa shape index (κ3) is 3.19. The number of ether oxygens (including phenoxy) is 2. The smallest absolute Gasteiger partial charge is 0.416 e. The van der Waals surface area contributed by atoms with Crippen molar-refractivity contribution in [1.29, 1.82) is 0 Å². The molecule has 1 aromatic heterocycles. The van der Waals surface area contributed by atoms with Gasteiger partial charge in [0.1, 0.15) is 0 Å². The summed E-state index contributed by atoms with van der Waals surface area (Å²) < 4.78 is 51.2. The summed E-state index contributed by atoms with van der Waals surface area (Å²) in [5.74, 6) is 0.0340. The molecule has 0 spiro atoms. The molecule has 3 aromatic rings. The van der Waals surface area contributed by atoms with Crippen LogP contribution in [-0.2, 0) is 6.18 Å². The number of anilines is 1. The molecule has 0 fully saturated rings. The first-order valence-electron chi connectivity index (χ1n) is 7.85. The lowest BCUT2D eigenvalue weighted by Crippen LogP contribution is -2.16. The first-order chi connectivity index (χ1) is 12.9. The van der Waals surface area contributed by atoms with Crippen LogP contribution in [0.25, 0.3) is 5.69 Å². The lowest BCUT2D eigenvalue weighted by atomic mass is 10.1. The summed E-state index contributed by atoms with van der Waals surface area (Å²) in [7, 11) is 0. The van der Waals surface area contributed by atoms with E-state index in [1.54, 1.807) is 24.4 Å². The minimum atomic E-state index is -4.55. The van der Waals surface area contributed by atoms with E-state index in [0.29, 0.717) is 11.4 Å². The highest BCUT2D eigenvalue weighted by Gasteiger charge is 2.32. The average molecular weight is 375 g/mol. The molecule has 0 radical (unpaired) electrons. The van der Waals surface area contributed by atoms with E-state index in [1.807, 2.05) is 0 Å². The number of halogens is 3. The topological polar surface area (TPSA) is 65.4 Å². The molecule has 1 amide bonds. The van der Waals surface area contributed by atoms with Gasteiger partial charge in [0.15, 0.2) is 11.5 Å². The molecule has 6 nitrogen and oxygen atoms in total. The monoisotopic (exact) mass is 375 g/mol. The fraction of sp³-hybridized carbons (Fsp3) is 0.111. The highest BCUT2D eigenvalue weighted by atomic mass is 19.4. The zero-order chi connectivity index (χ0) is 19.0. The van der Waals surface area contributed by atoms with Gasteiger partial charge in [-0.3, -0.25) is 4.79 Å². The van der Waals surface area contributed by atoms with Gasteiger partial charge < -0.3 is 14.8 Å². The lowest BCUT2D eigenvalue weighted by Gasteiger charge is -2.15. The Bertz CT molecular complexity index is 1000. The van der Waals surface area contributed by atoms with Crippen molar-refractivity contribution in [2.75, 3.05) is 12.1 Å². The first kappa shape index (κ1) is 17.0. The van der Waals surface area contributed by atoms with Crippen molar-refractivity contribution in [3.63, 3.8) is 0 Å². The van der Waals surface area contributed by atoms with E-state index >= 15 is 0 Å². The minimum Gasteiger partial charge on any atom is -0.454 e. The summed E-state index contributed by atoms with van der Waals surface area (Å²) in [4.78, 5) is 12.7. The largest absolute Gasteiger partial charge is 0.454 e. The van der Waals surface area contributed by atoms with Gasteiger partial charge >= 0.3 is 6.18 Å². The van der Waals surface area contributed by atoms with Gasteiger partial charge in [0.05, 0.1) is 22.5 Å². The van der Waals surface area contributed by atoms with Gasteiger partial charge in [0.25, 0.3) is 5.91 Å². The number of alkyl halides is 3. The maximum atomic E-state index is 13.1. The molecule has 138 valence electrons. The number of aromatic nitrogens is 2. The fourth-order valence-corrected chi connectivity index (χ4v) is 2.72. The molecule has 0 saturated heterocycles. The van der Waals surface area contributed by atoms with E-state index in [0.717, 1.165) is 12.1 Å². The minimum absolute atomic E-state index is 0.0261. The number of nitrogens with one attached hydrogen (secondary N) is 1. The van der Waals surface area contributed by atoms with E-state index in [1.165, 1.54) is 23.0 Å². The molecule has 1 aliphatic heterocycles. The third-order valence-corrected chi connectivity index (χ3v) is 3.96. The molecule has 2 aromatic carbocycles. The third-order valence-electron chi connectivity index (χ3n) is 3.96. The van der Waals surface area contributed by atoms with Crippen molar-refractivity contribution in [3.8, 4) is 17.2 Å². The Kier molecular flexibility index (Phi) is 3.98. The van der Waals surface area contributed by atoms with Gasteiger partial charge in [-0.05, 0) is 36.4 Å². The number of nitrogens with zero attached hydrogens (tertiary/aromatic N) is 2. The number of carbonyl (C=O) groups is 1. The summed E-state index contributed by atoms with van der Waals surface area (Å²) in [6.07, 6.45) is -1.50. The number of hydrogen-bond acceptors (Lipinski definition) is 4. The quantitative estimate of drug-likeness (QED) is 0.755. The Morgan fingerprint density at radius 2 is 2.00 bits per heavy atom. The summed E-state index contributed by atoms with van der Waals surface area (Å²) in [5.41, 5.74) is -0.457. The highest BCUT2D eigenvalue weighted by Crippen LogP contribution is 2.37. The number of fused-ring (bicyclic) bond motifs is 1. The maximum Gasteiger partial charge on any atom is 0.416 e. The second-order valence-corrected chi connectivity index (χ2v) is 5.67. The average Bonchev–Trinajstić information content (AvgIpc) is 3.32. The van der Waals surface area contributed by atoms with Crippen LogP contribution in [0.1, 0.15) is 15.9 Å². The number of hydrogen-bond donors (Lipinski definition) is 1. The fourth-order valence-electron chi connectivity index (χ4n) is 2.72. The van der Waals surface area contributed by atoms with Crippen LogP contribution in [-0.4, -0.2) is 22.5 Å². The summed E-state index contributed by atoms with van der Waals surface area (Å²) in [5, 5.41) is 6.54. The molecule has 1 N–H and O–H groups in total. The van der Waals surface area contributed by atoms with Gasteiger partial charge in [-0.15, -0.1) is 0 Å². The molecule has 2 heterocycles. The van der Waals surface area contributed by atoms with Gasteiger partial charge in [0.2, 0.25) is 6.79 Å². The molecular weight excluding hydrogens is 363 g/mol. The molecule has 27 heavy (non-hydrogen) atoms. The van der Waals surface area contributed by atoms with E-state index in [-0.39, 0.29) is 23.8 Å². The van der Waals surface area contributed by atoms with E-state index in [2.05, 4.69) is 10.4 Å². The number of para-hydroxylation sites is 1. The van der Waals surface area contributed by atoms with Gasteiger partial charge in [-0.2, -0.15) is 18.3 Å². The Morgan fingerprint density at radius 3 is 2.74 bits per heavy atom. The predicted molar refractivity (Wildman–Crippen MR) is 89.1 cm³/mol. The molecule has 0 atom stereocenters. The molecule has 0 bridgehead atoms. The van der Waals surface area contributed by atoms with Crippen molar-refractivity contribution in [1.82, 2.24) is 9.78 Å². The van der Waals surface area contributed by atoms with Crippen molar-refractivity contribution in [3.05, 3.63) is 66.0 Å². The zero-order valence-corrected chi connectivity index (χ0v) is 13.7. The van der Waals surface area contributed by atoms with Gasteiger partial charge in [-0.25, -0.2) is 4.68 Å². The Balaban J connectivity index is 1.74. The standard InChI is InChI=1S/C18H12F3N3O3/c19-18(20,21)11-5-6-14(24-8-2-7-22-24)13(9-11)23-17(25)12-3-1-4-15-16(12)27-10-26-15/h1-9H,10H2,(H,23,25). The normalized spacial score (nSPS) is 12.9. The van der Waals surface area contributed by atoms with Crippen molar-refractivity contribution in [2.24, 2.45) is 0 Å². The zero-order valence-electron chi connectivity index (χ0n) is 13.7. The second kappa shape index (κ2) is 6.35. The molecular formula is C18H12F3N3O3. The number of benzene rings is 2. The van der Waals surface area contributed by atoms with Crippen LogP contribution in [0.2, 0.25) is 0 Å². The summed E-state index contributed by atoms with van der Waals surface area (Å²) >= 11 is 0. The highest BCUT2D eigenvalue weighted by molar-refractivity contribution is 6.07. The lowest BCUT2D eigenvalue weighted by molar-refractivity contribution is -0.137. The molecule has 0 unspecified atom stereocenters. The maximum absolute atomic E-state index is 13.1. The summed E-state index contributed by atoms with van der Waals surface area (Å²) in [6.45, 7) is -0.0261. The molecule has 0 saturated carbocycles. The SMILES string of the molecule is O=C(Nc1cc(C(F)(F)F)ccc1-n1cccn1)c1cccc2c1OCO2. The van der Waals surface area contributed by atoms with E-state index < -0.39 is 17.6 Å². The van der Waals surface area contributed by atoms with Crippen LogP contribution >= 0.6 is 0 Å². The van der Waals surface area contributed by atoms with Crippen molar-refractivity contribution < 1.29 is 27.4 Å². The summed E-state index contributed by atoms with van der Waals surface area (Å²) in [6, 6.07) is 9.42. The van der Waals surface area contributed by atoms with Crippen LogP contribution < -0.4 is 14.8 Å². The van der Waals surface area contributed by atoms with Crippen molar-refractivity contribution >= 4 is 11.6 Å². The van der Waals surface area contributed by atoms with E-state index in [4.69, 9.17) is 9.47 Å². The van der Waals surface area contributed by atoms with Crippen LogP contribution in [0.5, 0.6) is 11.5 Å². The predicted octanol–water partition coefficient (Wildman–Crippen LogP) is 3.87. The number of carbonyl (C=O) groups excluding carboxylic acids is 1. The van der Waals surface area contributed by atoms with Gasteiger partial charge in [-0.1, -0.05) is 6.07 Å². The Hall–Kier alpha value is -3.49. The Morgan fingerprint density at radius 1 is 1.15 bits per heavy atom. The molecule has 0 aliphatic carbocycles. The molecule has 9 heteroatoms. The van der Waals surface area contributed by atoms with Crippen LogP contribution in [0.4, 0.5) is 18.9 Å². The van der Waals surface area contributed by atoms with Crippen LogP contribution in [0, 0.1) is 0 Å². The van der Waals surface area contributed by atoms with E-state index in [9.17, 15) is 18.0 Å². The number of amides is 1. The van der Waals surface area contributed by atoms with Crippen molar-refractivity contribution in [2.45, 2.75) is 6.18 Å². The Labute approximate surface area is 151 Å². The van der Waals surface area contributed by atoms with Crippen LogP contribution in [0.15, 0.2) is 54.9 Å². The molecule has 4 rings (SSSR count). The van der Waals surface area contributed by atoms with Crippen LogP contribution in [0.3, 0.4) is 0 Å². The molecule has 1 aliphatic rings.